The Labute approximate surface area is 184 Å². The van der Waals surface area contributed by atoms with Gasteiger partial charge < -0.3 is 19.7 Å². The van der Waals surface area contributed by atoms with Crippen molar-refractivity contribution < 1.29 is 29.3 Å². The zero-order valence-corrected chi connectivity index (χ0v) is 19.1. The number of rotatable bonds is 6. The van der Waals surface area contributed by atoms with Crippen molar-refractivity contribution in [3.63, 3.8) is 0 Å². The number of allylic oxidation sites excluding steroid dienone is 4. The molecule has 0 aliphatic heterocycles. The molecule has 0 aromatic rings. The van der Waals surface area contributed by atoms with Gasteiger partial charge in [0.15, 0.2) is 17.4 Å². The van der Waals surface area contributed by atoms with E-state index in [1.165, 1.54) is 0 Å². The van der Waals surface area contributed by atoms with E-state index >= 15 is 0 Å². The van der Waals surface area contributed by atoms with Crippen LogP contribution in [0.15, 0.2) is 23.8 Å². The number of carbonyl (C=O) groups excluding carboxylic acids is 2. The molecule has 0 amide bonds. The lowest BCUT2D eigenvalue weighted by Crippen LogP contribution is -2.54. The number of Topliss-reactive ketones (excluding diaryl/α,β-unsaturated/α-hetero) is 1. The van der Waals surface area contributed by atoms with Crippen molar-refractivity contribution in [3.05, 3.63) is 23.8 Å². The topological polar surface area (TPSA) is 93.1 Å². The second-order valence-electron chi connectivity index (χ2n) is 11.0. The van der Waals surface area contributed by atoms with Crippen LogP contribution in [-0.4, -0.2) is 53.0 Å². The average Bonchev–Trinajstić information content (AvgIpc) is 3.01. The smallest absolute Gasteiger partial charge is 0.183 e. The predicted octanol–water partition coefficient (Wildman–Crippen LogP) is 2.96. The first kappa shape index (κ1) is 22.8. The SMILES string of the molecule is CC(C)(OCC(=O)CO)O[C@@H]1C[C@H]2[C@@H]3CCC4=CC(=O)C=C[C@]4(C)[C@H]3[C@@H](O)C[C@]2(C)C1. The van der Waals surface area contributed by atoms with Crippen LogP contribution in [0.25, 0.3) is 0 Å². The first-order valence-electron chi connectivity index (χ1n) is 11.5. The Morgan fingerprint density at radius 3 is 2.74 bits per heavy atom. The minimum Gasteiger partial charge on any atom is -0.393 e. The van der Waals surface area contributed by atoms with Crippen LogP contribution in [0.2, 0.25) is 0 Å². The maximum absolute atomic E-state index is 11.9. The van der Waals surface area contributed by atoms with E-state index < -0.39 is 18.5 Å². The largest absolute Gasteiger partial charge is 0.393 e. The number of hydrogen-bond acceptors (Lipinski definition) is 6. The molecular weight excluding hydrogens is 396 g/mol. The highest BCUT2D eigenvalue weighted by Crippen LogP contribution is 2.64. The molecule has 0 heterocycles. The van der Waals surface area contributed by atoms with Gasteiger partial charge in [0.1, 0.15) is 13.2 Å². The molecule has 4 aliphatic rings. The summed E-state index contributed by atoms with van der Waals surface area (Å²) < 4.78 is 11.9. The predicted molar refractivity (Wildman–Crippen MR) is 115 cm³/mol. The van der Waals surface area contributed by atoms with Crippen LogP contribution in [0.1, 0.15) is 59.8 Å². The molecule has 0 spiro atoms. The third kappa shape index (κ3) is 4.08. The van der Waals surface area contributed by atoms with Gasteiger partial charge in [0.25, 0.3) is 0 Å². The molecule has 6 heteroatoms. The molecule has 0 saturated heterocycles. The normalized spacial score (nSPS) is 41.9. The minimum absolute atomic E-state index is 0.00593. The molecular formula is C25H36O6. The van der Waals surface area contributed by atoms with E-state index in [0.29, 0.717) is 11.8 Å². The Hall–Kier alpha value is -1.34. The number of ketones is 2. The third-order valence-electron chi connectivity index (χ3n) is 8.42. The van der Waals surface area contributed by atoms with Gasteiger partial charge in [-0.05, 0) is 75.4 Å². The summed E-state index contributed by atoms with van der Waals surface area (Å²) in [6.45, 7) is 7.37. The van der Waals surface area contributed by atoms with Gasteiger partial charge in [0, 0.05) is 11.3 Å². The monoisotopic (exact) mass is 432 g/mol. The zero-order valence-electron chi connectivity index (χ0n) is 19.1. The lowest BCUT2D eigenvalue weighted by atomic mass is 9.47. The highest BCUT2D eigenvalue weighted by atomic mass is 16.7. The van der Waals surface area contributed by atoms with Crippen LogP contribution in [0, 0.1) is 28.6 Å². The Bertz CT molecular complexity index is 813. The Balaban J connectivity index is 1.51. The van der Waals surface area contributed by atoms with E-state index in [4.69, 9.17) is 14.6 Å². The van der Waals surface area contributed by atoms with Crippen molar-refractivity contribution in [2.45, 2.75) is 77.8 Å². The number of carbonyl (C=O) groups is 2. The second kappa shape index (κ2) is 7.91. The van der Waals surface area contributed by atoms with Gasteiger partial charge in [-0.25, -0.2) is 0 Å². The van der Waals surface area contributed by atoms with Crippen molar-refractivity contribution >= 4 is 11.6 Å². The molecule has 6 nitrogen and oxygen atoms in total. The molecule has 3 saturated carbocycles. The summed E-state index contributed by atoms with van der Waals surface area (Å²) in [5, 5.41) is 20.2. The highest BCUT2D eigenvalue weighted by Gasteiger charge is 2.60. The first-order valence-corrected chi connectivity index (χ1v) is 11.5. The van der Waals surface area contributed by atoms with Crippen LogP contribution >= 0.6 is 0 Å². The Morgan fingerprint density at radius 2 is 2.03 bits per heavy atom. The van der Waals surface area contributed by atoms with Gasteiger partial charge in [-0.15, -0.1) is 0 Å². The summed E-state index contributed by atoms with van der Waals surface area (Å²) in [7, 11) is 0. The highest BCUT2D eigenvalue weighted by molar-refractivity contribution is 6.01. The van der Waals surface area contributed by atoms with Crippen molar-refractivity contribution in [2.24, 2.45) is 28.6 Å². The van der Waals surface area contributed by atoms with Gasteiger partial charge >= 0.3 is 0 Å². The summed E-state index contributed by atoms with van der Waals surface area (Å²) >= 11 is 0. The summed E-state index contributed by atoms with van der Waals surface area (Å²) in [5.74, 6) is -0.309. The fourth-order valence-corrected chi connectivity index (χ4v) is 7.17. The molecule has 4 rings (SSSR count). The average molecular weight is 433 g/mol. The molecule has 4 aliphatic carbocycles. The van der Waals surface area contributed by atoms with Crippen molar-refractivity contribution in [3.8, 4) is 0 Å². The minimum atomic E-state index is -0.918. The van der Waals surface area contributed by atoms with Crippen molar-refractivity contribution in [1.29, 1.82) is 0 Å². The quantitative estimate of drug-likeness (QED) is 0.627. The lowest BCUT2D eigenvalue weighted by Gasteiger charge is -2.57. The van der Waals surface area contributed by atoms with E-state index in [9.17, 15) is 14.7 Å². The van der Waals surface area contributed by atoms with Crippen LogP contribution in [0.4, 0.5) is 0 Å². The second-order valence-corrected chi connectivity index (χ2v) is 11.0. The van der Waals surface area contributed by atoms with E-state index in [-0.39, 0.29) is 41.0 Å². The molecule has 7 atom stereocenters. The number of fused-ring (bicyclic) bond motifs is 5. The van der Waals surface area contributed by atoms with Crippen LogP contribution in [0.3, 0.4) is 0 Å². The number of hydrogen-bond donors (Lipinski definition) is 2. The zero-order chi connectivity index (χ0) is 22.6. The van der Waals surface area contributed by atoms with E-state index in [1.54, 1.807) is 12.2 Å². The molecule has 172 valence electrons. The summed E-state index contributed by atoms with van der Waals surface area (Å²) in [6.07, 6.45) is 9.44. The van der Waals surface area contributed by atoms with Crippen molar-refractivity contribution in [1.82, 2.24) is 0 Å². The van der Waals surface area contributed by atoms with E-state index in [0.717, 1.165) is 37.7 Å². The standard InChI is InChI=1S/C25H36O6/c1-23(2,30-14-17(28)13-26)31-18-10-20-19-6-5-15-9-16(27)7-8-25(15,4)22(19)21(29)12-24(20,3)11-18/h7-9,18-22,26,29H,5-6,10-14H2,1-4H3/t18-,19+,20+,21+,22-,24+,25+/m1/s1. The Morgan fingerprint density at radius 1 is 1.29 bits per heavy atom. The molecule has 0 radical (unpaired) electrons. The van der Waals surface area contributed by atoms with E-state index in [1.807, 2.05) is 19.9 Å². The number of aliphatic hydroxyl groups is 2. The van der Waals surface area contributed by atoms with Crippen molar-refractivity contribution in [2.75, 3.05) is 13.2 Å². The molecule has 3 fully saturated rings. The van der Waals surface area contributed by atoms with Crippen LogP contribution in [0.5, 0.6) is 0 Å². The number of ether oxygens (including phenoxy) is 2. The van der Waals surface area contributed by atoms with Crippen LogP contribution in [-0.2, 0) is 19.1 Å². The van der Waals surface area contributed by atoms with Gasteiger partial charge in [-0.1, -0.05) is 25.5 Å². The van der Waals surface area contributed by atoms with E-state index in [2.05, 4.69) is 13.8 Å². The third-order valence-corrected chi connectivity index (χ3v) is 8.42. The maximum Gasteiger partial charge on any atom is 0.183 e. The van der Waals surface area contributed by atoms with Gasteiger partial charge in [0.05, 0.1) is 12.2 Å². The van der Waals surface area contributed by atoms with Gasteiger partial charge in [-0.2, -0.15) is 0 Å². The van der Waals surface area contributed by atoms with Crippen LogP contribution < -0.4 is 0 Å². The fourth-order valence-electron chi connectivity index (χ4n) is 7.17. The van der Waals surface area contributed by atoms with Gasteiger partial charge in [-0.3, -0.25) is 9.59 Å². The summed E-state index contributed by atoms with van der Waals surface area (Å²) in [4.78, 5) is 23.4. The summed E-state index contributed by atoms with van der Waals surface area (Å²) in [5.41, 5.74) is 0.898. The molecule has 2 N–H and O–H groups in total. The maximum atomic E-state index is 11.9. The molecule has 31 heavy (non-hydrogen) atoms. The Kier molecular flexibility index (Phi) is 5.83. The molecule has 0 aromatic heterocycles. The number of aliphatic hydroxyl groups excluding tert-OH is 2. The first-order chi connectivity index (χ1) is 14.5. The molecule has 0 bridgehead atoms. The lowest BCUT2D eigenvalue weighted by molar-refractivity contribution is -0.235. The molecule has 0 unspecified atom stereocenters. The summed E-state index contributed by atoms with van der Waals surface area (Å²) in [6, 6.07) is 0. The fraction of sp³-hybridized carbons (Fsp3) is 0.760. The van der Waals surface area contributed by atoms with Gasteiger partial charge in [0.2, 0.25) is 0 Å². The molecule has 0 aromatic carbocycles.